The highest BCUT2D eigenvalue weighted by Crippen LogP contribution is 2.29. The number of carbonyl (C=O) groups excluding carboxylic acids is 1. The summed E-state index contributed by atoms with van der Waals surface area (Å²) >= 11 is 0. The number of hydrogen-bond acceptors (Lipinski definition) is 3. The van der Waals surface area contributed by atoms with Crippen LogP contribution < -0.4 is 0 Å². The molecule has 1 fully saturated rings. The van der Waals surface area contributed by atoms with E-state index in [1.807, 2.05) is 46.8 Å². The van der Waals surface area contributed by atoms with Crippen LogP contribution in [0.4, 0.5) is 0 Å². The Morgan fingerprint density at radius 2 is 2.16 bits per heavy atom. The summed E-state index contributed by atoms with van der Waals surface area (Å²) in [5.41, 5.74) is 4.04. The normalized spacial score (nSPS) is 19.2. The van der Waals surface area contributed by atoms with Crippen LogP contribution in [0.1, 0.15) is 41.5 Å². The first-order chi connectivity index (χ1) is 12.3. The van der Waals surface area contributed by atoms with Gasteiger partial charge in [0, 0.05) is 36.9 Å². The highest BCUT2D eigenvalue weighted by atomic mass is 16.5. The average molecular weight is 339 g/mol. The Kier molecular flexibility index (Phi) is 4.57. The van der Waals surface area contributed by atoms with Crippen LogP contribution in [0.3, 0.4) is 0 Å². The van der Waals surface area contributed by atoms with Gasteiger partial charge in [0.2, 0.25) is 0 Å². The van der Waals surface area contributed by atoms with E-state index < -0.39 is 0 Å². The minimum Gasteiger partial charge on any atom is -0.381 e. The molecule has 0 N–H and O–H groups in total. The van der Waals surface area contributed by atoms with Crippen molar-refractivity contribution in [3.05, 3.63) is 47.3 Å². The lowest BCUT2D eigenvalue weighted by molar-refractivity contribution is 0.0723. The molecule has 1 aliphatic heterocycles. The first-order valence-corrected chi connectivity index (χ1v) is 9.31. The monoisotopic (exact) mass is 339 g/mol. The molecule has 5 heteroatoms. The number of para-hydroxylation sites is 1. The number of hydrogen-bond donors (Lipinski definition) is 0. The predicted molar refractivity (Wildman–Crippen MR) is 96.1 cm³/mol. The number of aromatic nitrogens is 2. The van der Waals surface area contributed by atoms with Gasteiger partial charge in [-0.05, 0) is 44.7 Å². The number of amides is 1. The minimum absolute atomic E-state index is 0.0715. The second-order valence-corrected chi connectivity index (χ2v) is 6.95. The van der Waals surface area contributed by atoms with Crippen LogP contribution in [0.5, 0.6) is 0 Å². The van der Waals surface area contributed by atoms with E-state index in [2.05, 4.69) is 0 Å². The standard InChI is InChI=1S/C20H25N3O2/c1-2-22(13-15-11-12-25-14-15)20(24)19-17-9-6-10-18(17)23(21-19)16-7-4-3-5-8-16/h3-5,7-8,15H,2,6,9-14H2,1H3/t15-/m1/s1. The third kappa shape index (κ3) is 3.09. The fraction of sp³-hybridized carbons (Fsp3) is 0.500. The maximum absolute atomic E-state index is 13.2. The van der Waals surface area contributed by atoms with E-state index in [-0.39, 0.29) is 5.91 Å². The Hall–Kier alpha value is -2.14. The molecule has 2 aliphatic rings. The van der Waals surface area contributed by atoms with Gasteiger partial charge in [-0.15, -0.1) is 0 Å². The summed E-state index contributed by atoms with van der Waals surface area (Å²) in [6.45, 7) is 5.10. The number of fused-ring (bicyclic) bond motifs is 1. The molecular formula is C20H25N3O2. The fourth-order valence-electron chi connectivity index (χ4n) is 3.94. The van der Waals surface area contributed by atoms with Crippen molar-refractivity contribution in [3.8, 4) is 5.69 Å². The summed E-state index contributed by atoms with van der Waals surface area (Å²) in [5, 5.41) is 4.74. The average Bonchev–Trinajstić information content (AvgIpc) is 3.37. The number of carbonyl (C=O) groups is 1. The molecule has 0 spiro atoms. The van der Waals surface area contributed by atoms with Gasteiger partial charge in [0.15, 0.2) is 5.69 Å². The molecule has 1 amide bonds. The second kappa shape index (κ2) is 7.00. The van der Waals surface area contributed by atoms with E-state index in [0.717, 1.165) is 56.7 Å². The SMILES string of the molecule is CCN(C[C@H]1CCOC1)C(=O)c1nn(-c2ccccc2)c2c1CCC2. The summed E-state index contributed by atoms with van der Waals surface area (Å²) in [6.07, 6.45) is 4.09. The van der Waals surface area contributed by atoms with Crippen LogP contribution in [-0.4, -0.2) is 46.9 Å². The molecule has 1 aliphatic carbocycles. The lowest BCUT2D eigenvalue weighted by atomic mass is 10.1. The van der Waals surface area contributed by atoms with Gasteiger partial charge in [-0.1, -0.05) is 18.2 Å². The second-order valence-electron chi connectivity index (χ2n) is 6.95. The van der Waals surface area contributed by atoms with Crippen LogP contribution in [-0.2, 0) is 17.6 Å². The Morgan fingerprint density at radius 3 is 2.88 bits per heavy atom. The maximum Gasteiger partial charge on any atom is 0.274 e. The fourth-order valence-corrected chi connectivity index (χ4v) is 3.94. The van der Waals surface area contributed by atoms with Gasteiger partial charge in [0.05, 0.1) is 12.3 Å². The van der Waals surface area contributed by atoms with E-state index in [1.54, 1.807) is 0 Å². The molecule has 0 radical (unpaired) electrons. The first kappa shape index (κ1) is 16.3. The summed E-state index contributed by atoms with van der Waals surface area (Å²) in [7, 11) is 0. The molecule has 132 valence electrons. The van der Waals surface area contributed by atoms with Crippen LogP contribution in [0.15, 0.2) is 30.3 Å². The van der Waals surface area contributed by atoms with Crippen molar-refractivity contribution in [2.24, 2.45) is 5.92 Å². The van der Waals surface area contributed by atoms with Crippen molar-refractivity contribution in [1.29, 1.82) is 0 Å². The predicted octanol–water partition coefficient (Wildman–Crippen LogP) is 2.86. The van der Waals surface area contributed by atoms with E-state index in [0.29, 0.717) is 18.2 Å². The number of ether oxygens (including phenoxy) is 1. The third-order valence-corrected chi connectivity index (χ3v) is 5.31. The van der Waals surface area contributed by atoms with Crippen LogP contribution in [0, 0.1) is 5.92 Å². The molecule has 0 unspecified atom stereocenters. The molecule has 5 nitrogen and oxygen atoms in total. The molecule has 2 heterocycles. The Morgan fingerprint density at radius 1 is 1.32 bits per heavy atom. The van der Waals surface area contributed by atoms with Gasteiger partial charge < -0.3 is 9.64 Å². The van der Waals surface area contributed by atoms with Gasteiger partial charge in [-0.25, -0.2) is 4.68 Å². The number of nitrogens with zero attached hydrogens (tertiary/aromatic N) is 3. The van der Waals surface area contributed by atoms with Crippen molar-refractivity contribution in [2.75, 3.05) is 26.3 Å². The van der Waals surface area contributed by atoms with Crippen LogP contribution in [0.2, 0.25) is 0 Å². The highest BCUT2D eigenvalue weighted by molar-refractivity contribution is 5.94. The molecule has 1 aromatic carbocycles. The lowest BCUT2D eigenvalue weighted by Crippen LogP contribution is -2.36. The van der Waals surface area contributed by atoms with E-state index >= 15 is 0 Å². The van der Waals surface area contributed by atoms with Gasteiger partial charge in [-0.3, -0.25) is 4.79 Å². The van der Waals surface area contributed by atoms with Crippen molar-refractivity contribution >= 4 is 5.91 Å². The van der Waals surface area contributed by atoms with Gasteiger partial charge in [0.1, 0.15) is 0 Å². The lowest BCUT2D eigenvalue weighted by Gasteiger charge is -2.23. The highest BCUT2D eigenvalue weighted by Gasteiger charge is 2.30. The van der Waals surface area contributed by atoms with Crippen molar-refractivity contribution in [2.45, 2.75) is 32.6 Å². The quantitative estimate of drug-likeness (QED) is 0.841. The molecule has 1 aromatic heterocycles. The Labute approximate surface area is 148 Å². The van der Waals surface area contributed by atoms with Crippen LogP contribution in [0.25, 0.3) is 5.69 Å². The summed E-state index contributed by atoms with van der Waals surface area (Å²) in [6, 6.07) is 10.1. The number of rotatable bonds is 5. The zero-order valence-corrected chi connectivity index (χ0v) is 14.8. The minimum atomic E-state index is 0.0715. The largest absolute Gasteiger partial charge is 0.381 e. The van der Waals surface area contributed by atoms with Gasteiger partial charge in [0.25, 0.3) is 5.91 Å². The summed E-state index contributed by atoms with van der Waals surface area (Å²) in [4.78, 5) is 15.1. The smallest absolute Gasteiger partial charge is 0.274 e. The number of benzene rings is 1. The molecule has 2 aromatic rings. The summed E-state index contributed by atoms with van der Waals surface area (Å²) < 4.78 is 7.44. The molecule has 1 saturated heterocycles. The summed E-state index contributed by atoms with van der Waals surface area (Å²) in [5.74, 6) is 0.524. The van der Waals surface area contributed by atoms with E-state index in [4.69, 9.17) is 9.84 Å². The Bertz CT molecular complexity index is 748. The van der Waals surface area contributed by atoms with Crippen LogP contribution >= 0.6 is 0 Å². The third-order valence-electron chi connectivity index (χ3n) is 5.31. The zero-order valence-electron chi connectivity index (χ0n) is 14.8. The van der Waals surface area contributed by atoms with E-state index in [9.17, 15) is 4.79 Å². The molecule has 0 saturated carbocycles. The molecule has 0 bridgehead atoms. The molecule has 25 heavy (non-hydrogen) atoms. The van der Waals surface area contributed by atoms with Gasteiger partial charge >= 0.3 is 0 Å². The van der Waals surface area contributed by atoms with E-state index in [1.165, 1.54) is 5.69 Å². The molecule has 4 rings (SSSR count). The van der Waals surface area contributed by atoms with Gasteiger partial charge in [-0.2, -0.15) is 5.10 Å². The van der Waals surface area contributed by atoms with Crippen molar-refractivity contribution in [3.63, 3.8) is 0 Å². The molecular weight excluding hydrogens is 314 g/mol. The Balaban J connectivity index is 1.64. The maximum atomic E-state index is 13.2. The molecule has 1 atom stereocenters. The van der Waals surface area contributed by atoms with Crippen molar-refractivity contribution in [1.82, 2.24) is 14.7 Å². The zero-order chi connectivity index (χ0) is 17.2. The topological polar surface area (TPSA) is 47.4 Å². The van der Waals surface area contributed by atoms with Crippen molar-refractivity contribution < 1.29 is 9.53 Å². The first-order valence-electron chi connectivity index (χ1n) is 9.31.